The normalized spacial score (nSPS) is 15.6. The molecule has 1 N–H and O–H groups in total. The van der Waals surface area contributed by atoms with Crippen molar-refractivity contribution in [3.8, 4) is 5.75 Å². The van der Waals surface area contributed by atoms with Gasteiger partial charge in [-0.05, 0) is 49.8 Å². The van der Waals surface area contributed by atoms with Crippen LogP contribution in [0, 0.1) is 5.92 Å². The van der Waals surface area contributed by atoms with Crippen LogP contribution in [0.2, 0.25) is 0 Å². The van der Waals surface area contributed by atoms with Crippen LogP contribution in [0.15, 0.2) is 23.1 Å². The molecular weight excluding hydrogens is 380 g/mol. The topological polar surface area (TPSA) is 86.6 Å². The van der Waals surface area contributed by atoms with Crippen molar-refractivity contribution in [3.63, 3.8) is 0 Å². The fourth-order valence-corrected chi connectivity index (χ4v) is 4.79. The summed E-state index contributed by atoms with van der Waals surface area (Å²) in [6, 6.07) is 3.19. The minimum absolute atomic E-state index is 0.169. The molecule has 1 amide bonds. The summed E-state index contributed by atoms with van der Waals surface area (Å²) in [5.41, 5.74) is 1.06. The Morgan fingerprint density at radius 1 is 1.39 bits per heavy atom. The molecule has 1 atom stereocenters. The number of pyridine rings is 1. The van der Waals surface area contributed by atoms with E-state index in [4.69, 9.17) is 9.47 Å². The number of carbonyl (C=O) groups is 2. The Labute approximate surface area is 167 Å². The van der Waals surface area contributed by atoms with Crippen molar-refractivity contribution in [1.29, 1.82) is 0 Å². The van der Waals surface area contributed by atoms with Crippen LogP contribution in [0.1, 0.15) is 41.1 Å². The van der Waals surface area contributed by atoms with Crippen LogP contribution in [0.3, 0.4) is 0 Å². The molecule has 0 aliphatic heterocycles. The molecule has 0 fully saturated rings. The summed E-state index contributed by atoms with van der Waals surface area (Å²) in [6.45, 7) is 4.04. The fourth-order valence-electron chi connectivity index (χ4n) is 3.37. The highest BCUT2D eigenvalue weighted by atomic mass is 32.1. The van der Waals surface area contributed by atoms with Crippen LogP contribution in [-0.2, 0) is 28.9 Å². The van der Waals surface area contributed by atoms with Gasteiger partial charge in [0.25, 0.3) is 5.56 Å². The zero-order valence-corrected chi connectivity index (χ0v) is 17.1. The lowest BCUT2D eigenvalue weighted by atomic mass is 9.88. The van der Waals surface area contributed by atoms with Crippen molar-refractivity contribution in [1.82, 2.24) is 4.57 Å². The molecule has 0 aromatic carbocycles. The third-order valence-corrected chi connectivity index (χ3v) is 5.93. The average molecular weight is 404 g/mol. The van der Waals surface area contributed by atoms with E-state index in [2.05, 4.69) is 12.2 Å². The number of esters is 1. The van der Waals surface area contributed by atoms with E-state index in [1.807, 2.05) is 0 Å². The highest BCUT2D eigenvalue weighted by molar-refractivity contribution is 7.17. The Morgan fingerprint density at radius 3 is 2.89 bits per heavy atom. The minimum atomic E-state index is -0.414. The van der Waals surface area contributed by atoms with Gasteiger partial charge in [0.15, 0.2) is 5.75 Å². The first kappa shape index (κ1) is 20.1. The van der Waals surface area contributed by atoms with Crippen LogP contribution in [0.25, 0.3) is 0 Å². The summed E-state index contributed by atoms with van der Waals surface area (Å²) < 4.78 is 11.5. The number of nitrogens with zero attached hydrogens (tertiary/aromatic N) is 1. The minimum Gasteiger partial charge on any atom is -0.491 e. The lowest BCUT2D eigenvalue weighted by Gasteiger charge is -2.18. The molecule has 1 unspecified atom stereocenters. The molecule has 0 saturated heterocycles. The summed E-state index contributed by atoms with van der Waals surface area (Å²) in [5.74, 6) is -0.0841. The van der Waals surface area contributed by atoms with Gasteiger partial charge in [-0.25, -0.2) is 4.79 Å². The van der Waals surface area contributed by atoms with Gasteiger partial charge in [0.2, 0.25) is 5.91 Å². The van der Waals surface area contributed by atoms with E-state index in [1.165, 1.54) is 29.2 Å². The first-order valence-electron chi connectivity index (χ1n) is 9.29. The summed E-state index contributed by atoms with van der Waals surface area (Å²) in [4.78, 5) is 38.5. The van der Waals surface area contributed by atoms with E-state index in [1.54, 1.807) is 19.1 Å². The van der Waals surface area contributed by atoms with Crippen molar-refractivity contribution >= 4 is 28.2 Å². The Hall–Kier alpha value is -2.61. The van der Waals surface area contributed by atoms with Crippen LogP contribution in [0.5, 0.6) is 5.75 Å². The second-order valence-electron chi connectivity index (χ2n) is 6.83. The third kappa shape index (κ3) is 4.11. The zero-order valence-electron chi connectivity index (χ0n) is 16.2. The smallest absolute Gasteiger partial charge is 0.341 e. The van der Waals surface area contributed by atoms with Gasteiger partial charge in [0, 0.05) is 11.1 Å². The first-order valence-corrected chi connectivity index (χ1v) is 10.1. The quantitative estimate of drug-likeness (QED) is 0.748. The number of amides is 1. The van der Waals surface area contributed by atoms with Gasteiger partial charge in [-0.2, -0.15) is 0 Å². The molecule has 2 heterocycles. The highest BCUT2D eigenvalue weighted by Gasteiger charge is 2.29. The lowest BCUT2D eigenvalue weighted by Crippen LogP contribution is -2.28. The molecule has 150 valence electrons. The predicted molar refractivity (Wildman–Crippen MR) is 107 cm³/mol. The molecular formula is C20H24N2O5S. The van der Waals surface area contributed by atoms with Gasteiger partial charge in [0.1, 0.15) is 11.5 Å². The van der Waals surface area contributed by atoms with E-state index >= 15 is 0 Å². The zero-order chi connectivity index (χ0) is 20.3. The molecule has 8 heteroatoms. The fraction of sp³-hybridized carbons (Fsp3) is 0.450. The molecule has 2 aromatic rings. The maximum atomic E-state index is 12.6. The van der Waals surface area contributed by atoms with Crippen LogP contribution >= 0.6 is 11.3 Å². The van der Waals surface area contributed by atoms with Crippen molar-refractivity contribution in [3.05, 3.63) is 44.7 Å². The van der Waals surface area contributed by atoms with E-state index in [0.717, 1.165) is 29.7 Å². The SMILES string of the molecule is CCOC(=O)c1c(NC(=O)Cn2cccc(OC)c2=O)sc2c1CCC(C)C2. The van der Waals surface area contributed by atoms with E-state index in [-0.39, 0.29) is 30.4 Å². The Balaban J connectivity index is 1.86. The first-order chi connectivity index (χ1) is 13.4. The third-order valence-electron chi connectivity index (χ3n) is 4.76. The molecule has 7 nitrogen and oxygen atoms in total. The van der Waals surface area contributed by atoms with Gasteiger partial charge in [-0.1, -0.05) is 6.92 Å². The van der Waals surface area contributed by atoms with Gasteiger partial charge in [-0.3, -0.25) is 9.59 Å². The van der Waals surface area contributed by atoms with E-state index in [9.17, 15) is 14.4 Å². The van der Waals surface area contributed by atoms with Gasteiger partial charge in [-0.15, -0.1) is 11.3 Å². The van der Waals surface area contributed by atoms with Gasteiger partial charge < -0.3 is 19.4 Å². The molecule has 2 aromatic heterocycles. The molecule has 0 bridgehead atoms. The number of thiophene rings is 1. The van der Waals surface area contributed by atoms with Crippen LogP contribution < -0.4 is 15.6 Å². The number of carbonyl (C=O) groups excluding carboxylic acids is 2. The Morgan fingerprint density at radius 2 is 2.18 bits per heavy atom. The van der Waals surface area contributed by atoms with Crippen molar-refractivity contribution in [2.45, 2.75) is 39.7 Å². The molecule has 1 aliphatic carbocycles. The lowest BCUT2D eigenvalue weighted by molar-refractivity contribution is -0.116. The monoisotopic (exact) mass is 404 g/mol. The second-order valence-corrected chi connectivity index (χ2v) is 7.94. The Kier molecular flexibility index (Phi) is 6.18. The van der Waals surface area contributed by atoms with Crippen molar-refractivity contribution < 1.29 is 19.1 Å². The maximum Gasteiger partial charge on any atom is 0.341 e. The number of methoxy groups -OCH3 is 1. The number of anilines is 1. The largest absolute Gasteiger partial charge is 0.491 e. The average Bonchev–Trinajstić information content (AvgIpc) is 3.00. The number of rotatable bonds is 6. The number of hydrogen-bond donors (Lipinski definition) is 1. The number of hydrogen-bond acceptors (Lipinski definition) is 6. The van der Waals surface area contributed by atoms with Crippen molar-refractivity contribution in [2.75, 3.05) is 19.0 Å². The predicted octanol–water partition coefficient (Wildman–Crippen LogP) is 2.86. The number of aromatic nitrogens is 1. The molecule has 0 radical (unpaired) electrons. The summed E-state index contributed by atoms with van der Waals surface area (Å²) >= 11 is 1.43. The summed E-state index contributed by atoms with van der Waals surface area (Å²) in [5, 5.41) is 3.31. The summed E-state index contributed by atoms with van der Waals surface area (Å²) in [6.07, 6.45) is 4.21. The maximum absolute atomic E-state index is 12.6. The van der Waals surface area contributed by atoms with E-state index in [0.29, 0.717) is 16.5 Å². The number of nitrogens with one attached hydrogen (secondary N) is 1. The number of ether oxygens (including phenoxy) is 2. The van der Waals surface area contributed by atoms with Crippen molar-refractivity contribution in [2.24, 2.45) is 5.92 Å². The van der Waals surface area contributed by atoms with Gasteiger partial charge >= 0.3 is 5.97 Å². The summed E-state index contributed by atoms with van der Waals surface area (Å²) in [7, 11) is 1.41. The Bertz CT molecular complexity index is 947. The van der Waals surface area contributed by atoms with Crippen LogP contribution in [-0.4, -0.2) is 30.2 Å². The van der Waals surface area contributed by atoms with Crippen LogP contribution in [0.4, 0.5) is 5.00 Å². The molecule has 0 saturated carbocycles. The second kappa shape index (κ2) is 8.60. The molecule has 28 heavy (non-hydrogen) atoms. The highest BCUT2D eigenvalue weighted by Crippen LogP contribution is 2.40. The molecule has 3 rings (SSSR count). The standard InChI is InChI=1S/C20H24N2O5S/c1-4-27-20(25)17-13-8-7-12(2)10-15(13)28-18(17)21-16(23)11-22-9-5-6-14(26-3)19(22)24/h5-6,9,12H,4,7-8,10-11H2,1-3H3,(H,21,23). The number of fused-ring (bicyclic) bond motifs is 1. The van der Waals surface area contributed by atoms with Gasteiger partial charge in [0.05, 0.1) is 19.3 Å². The van der Waals surface area contributed by atoms with E-state index < -0.39 is 5.97 Å². The molecule has 0 spiro atoms. The molecule has 1 aliphatic rings.